The minimum atomic E-state index is -4.53. The molecule has 0 fully saturated rings. The van der Waals surface area contributed by atoms with Gasteiger partial charge in [0.05, 0.1) is 12.7 Å². The summed E-state index contributed by atoms with van der Waals surface area (Å²) in [6.45, 7) is 1.36. The molecule has 0 bridgehead atoms. The average Bonchev–Trinajstić information content (AvgIpc) is 2.58. The zero-order valence-electron chi connectivity index (χ0n) is 13.4. The molecule has 0 saturated carbocycles. The van der Waals surface area contributed by atoms with Crippen molar-refractivity contribution in [3.05, 3.63) is 41.3 Å². The predicted octanol–water partition coefficient (Wildman–Crippen LogP) is -0.470. The number of aryl methyl sites for hydroxylation is 1. The number of carboxylic acid groups (broad SMARTS) is 1. The van der Waals surface area contributed by atoms with Crippen LogP contribution in [0, 0.1) is 6.92 Å². The second-order valence-corrected chi connectivity index (χ2v) is 6.34. The second-order valence-electron chi connectivity index (χ2n) is 4.69. The first-order valence-electron chi connectivity index (χ1n) is 6.80. The number of aromatic carboxylic acids is 1. The smallest absolute Gasteiger partial charge is 0.358 e. The maximum atomic E-state index is 12.3. The van der Waals surface area contributed by atoms with Gasteiger partial charge in [-0.1, -0.05) is 12.1 Å². The van der Waals surface area contributed by atoms with Gasteiger partial charge in [0.2, 0.25) is 0 Å². The molecular formula is C13H13N5O7S. The molecular weight excluding hydrogens is 370 g/mol. The number of benzene rings is 1. The van der Waals surface area contributed by atoms with Gasteiger partial charge in [0.1, 0.15) is 4.90 Å². The predicted molar refractivity (Wildman–Crippen MR) is 83.2 cm³/mol. The summed E-state index contributed by atoms with van der Waals surface area (Å²) >= 11 is 0. The molecule has 3 N–H and O–H groups in total. The van der Waals surface area contributed by atoms with Gasteiger partial charge >= 0.3 is 18.0 Å². The second kappa shape index (κ2) is 7.18. The van der Waals surface area contributed by atoms with Crippen molar-refractivity contribution in [2.75, 3.05) is 7.11 Å². The Morgan fingerprint density at radius 1 is 1.27 bits per heavy atom. The molecule has 138 valence electrons. The minimum Gasteiger partial charge on any atom is -0.478 e. The van der Waals surface area contributed by atoms with Crippen molar-refractivity contribution in [1.82, 2.24) is 19.4 Å². The fourth-order valence-electron chi connectivity index (χ4n) is 1.81. The molecule has 2 rings (SSSR count). The van der Waals surface area contributed by atoms with Crippen molar-refractivity contribution in [3.63, 3.8) is 0 Å². The van der Waals surface area contributed by atoms with E-state index in [9.17, 15) is 23.2 Å². The number of nitrogens with zero attached hydrogens (tertiary/aromatic N) is 4. The zero-order valence-corrected chi connectivity index (χ0v) is 14.3. The number of urea groups is 1. The summed E-state index contributed by atoms with van der Waals surface area (Å²) in [5.74, 6) is -1.51. The molecule has 0 unspecified atom stereocenters. The molecule has 0 spiro atoms. The van der Waals surface area contributed by atoms with E-state index in [1.807, 2.05) is 0 Å². The van der Waals surface area contributed by atoms with Gasteiger partial charge in [0, 0.05) is 0 Å². The Kier molecular flexibility index (Phi) is 5.21. The third-order valence-corrected chi connectivity index (χ3v) is 4.34. The number of nitrogens with one attached hydrogen (secondary N) is 1. The van der Waals surface area contributed by atoms with Crippen molar-refractivity contribution >= 4 is 22.0 Å². The number of methoxy groups -OCH3 is 1. The van der Waals surface area contributed by atoms with Crippen LogP contribution >= 0.6 is 0 Å². The van der Waals surface area contributed by atoms with E-state index in [1.165, 1.54) is 26.2 Å². The van der Waals surface area contributed by atoms with E-state index in [0.717, 1.165) is 12.1 Å². The Balaban J connectivity index is 2.42. The van der Waals surface area contributed by atoms with E-state index in [0.29, 0.717) is 4.73 Å². The molecule has 0 aliphatic rings. The van der Waals surface area contributed by atoms with Gasteiger partial charge in [-0.15, -0.1) is 4.73 Å². The van der Waals surface area contributed by atoms with Crippen molar-refractivity contribution in [1.29, 1.82) is 0 Å². The number of carbonyl (C=O) groups is 2. The first-order chi connectivity index (χ1) is 12.2. The van der Waals surface area contributed by atoms with Crippen LogP contribution in [0.4, 0.5) is 4.79 Å². The van der Waals surface area contributed by atoms with Crippen molar-refractivity contribution in [2.24, 2.45) is 4.99 Å². The lowest BCUT2D eigenvalue weighted by atomic mass is 10.2. The standard InChI is InChI=1S/C13H13N5O7S/c1-7-14-13(25-2)16-11(18(7)22)15-12(21)17-26(23,24)9-6-4-3-5-8(9)10(19)20/h3-6,22H,1-2H3,(H,17,21)(H,19,20). The number of carboxylic acids is 1. The van der Waals surface area contributed by atoms with E-state index in [1.54, 1.807) is 4.72 Å². The van der Waals surface area contributed by atoms with E-state index in [-0.39, 0.29) is 11.8 Å². The van der Waals surface area contributed by atoms with E-state index in [2.05, 4.69) is 15.0 Å². The number of sulfonamides is 1. The quantitative estimate of drug-likeness (QED) is 0.590. The topological polar surface area (TPSA) is 173 Å². The number of aromatic nitrogens is 3. The normalized spacial score (nSPS) is 11.8. The Bertz CT molecular complexity index is 1050. The van der Waals surface area contributed by atoms with Crippen molar-refractivity contribution < 1.29 is 33.1 Å². The summed E-state index contributed by atoms with van der Waals surface area (Å²) < 4.78 is 31.2. The molecule has 12 nitrogen and oxygen atoms in total. The molecule has 1 aromatic heterocycles. The fourth-order valence-corrected chi connectivity index (χ4v) is 2.90. The SMILES string of the molecule is COc1nc(C)n(O)c(=NC(=O)NS(=O)(=O)c2ccccc2C(=O)O)n1. The molecule has 1 aromatic carbocycles. The molecule has 0 aliphatic carbocycles. The highest BCUT2D eigenvalue weighted by atomic mass is 32.2. The lowest BCUT2D eigenvalue weighted by Gasteiger charge is -2.07. The summed E-state index contributed by atoms with van der Waals surface area (Å²) in [4.78, 5) is 33.1. The average molecular weight is 383 g/mol. The third kappa shape index (κ3) is 3.94. The minimum absolute atomic E-state index is 0.0255. The van der Waals surface area contributed by atoms with Crippen LogP contribution in [0.2, 0.25) is 0 Å². The Labute approximate surface area is 146 Å². The monoisotopic (exact) mass is 383 g/mol. The van der Waals surface area contributed by atoms with Crippen LogP contribution in [-0.2, 0) is 10.0 Å². The number of ether oxygens (including phenoxy) is 1. The zero-order chi connectivity index (χ0) is 19.5. The highest BCUT2D eigenvalue weighted by Crippen LogP contribution is 2.15. The maximum Gasteiger partial charge on any atom is 0.358 e. The van der Waals surface area contributed by atoms with Crippen LogP contribution < -0.4 is 15.1 Å². The molecule has 0 atom stereocenters. The summed E-state index contributed by atoms with van der Waals surface area (Å²) in [6, 6.07) is 3.09. The number of hydrogen-bond acceptors (Lipinski definition) is 8. The van der Waals surface area contributed by atoms with Crippen LogP contribution in [-0.4, -0.2) is 52.5 Å². The summed E-state index contributed by atoms with van der Waals surface area (Å²) in [6.07, 6.45) is 0. The molecule has 1 heterocycles. The molecule has 13 heteroatoms. The lowest BCUT2D eigenvalue weighted by Crippen LogP contribution is -2.34. The highest BCUT2D eigenvalue weighted by Gasteiger charge is 2.24. The molecule has 2 aromatic rings. The fraction of sp³-hybridized carbons (Fsp3) is 0.154. The molecule has 2 amide bonds. The number of hydrogen-bond donors (Lipinski definition) is 3. The molecule has 0 saturated heterocycles. The molecule has 26 heavy (non-hydrogen) atoms. The first kappa shape index (κ1) is 18.9. The number of carbonyl (C=O) groups excluding carboxylic acids is 1. The number of amides is 2. The summed E-state index contributed by atoms with van der Waals surface area (Å²) in [5, 5.41) is 18.8. The first-order valence-corrected chi connectivity index (χ1v) is 8.29. The van der Waals surface area contributed by atoms with E-state index < -0.39 is 38.1 Å². The molecule has 0 aliphatic heterocycles. The van der Waals surface area contributed by atoms with Crippen molar-refractivity contribution in [3.8, 4) is 6.01 Å². The van der Waals surface area contributed by atoms with Crippen LogP contribution in [0.1, 0.15) is 16.2 Å². The van der Waals surface area contributed by atoms with Gasteiger partial charge in [-0.3, -0.25) is 0 Å². The number of rotatable bonds is 4. The largest absolute Gasteiger partial charge is 0.478 e. The van der Waals surface area contributed by atoms with Crippen LogP contribution in [0.3, 0.4) is 0 Å². The lowest BCUT2D eigenvalue weighted by molar-refractivity contribution is 0.0692. The Hall–Kier alpha value is -3.48. The van der Waals surface area contributed by atoms with Crippen LogP contribution in [0.25, 0.3) is 0 Å². The third-order valence-electron chi connectivity index (χ3n) is 2.96. The summed E-state index contributed by atoms with van der Waals surface area (Å²) in [7, 11) is -3.29. The Morgan fingerprint density at radius 3 is 2.54 bits per heavy atom. The van der Waals surface area contributed by atoms with Gasteiger partial charge in [0.15, 0.2) is 5.82 Å². The maximum absolute atomic E-state index is 12.3. The highest BCUT2D eigenvalue weighted by molar-refractivity contribution is 7.90. The molecule has 0 radical (unpaired) electrons. The van der Waals surface area contributed by atoms with Gasteiger partial charge in [-0.25, -0.2) is 22.7 Å². The van der Waals surface area contributed by atoms with Gasteiger partial charge < -0.3 is 15.1 Å². The Morgan fingerprint density at radius 2 is 1.92 bits per heavy atom. The van der Waals surface area contributed by atoms with Crippen LogP contribution in [0.15, 0.2) is 34.2 Å². The van der Waals surface area contributed by atoms with Gasteiger partial charge in [-0.2, -0.15) is 15.0 Å². The van der Waals surface area contributed by atoms with E-state index in [4.69, 9.17) is 9.84 Å². The van der Waals surface area contributed by atoms with Crippen LogP contribution in [0.5, 0.6) is 6.01 Å². The van der Waals surface area contributed by atoms with Gasteiger partial charge in [-0.05, 0) is 19.1 Å². The summed E-state index contributed by atoms with van der Waals surface area (Å²) in [5.41, 5.74) is -1.11. The van der Waals surface area contributed by atoms with Crippen molar-refractivity contribution in [2.45, 2.75) is 11.8 Å². The van der Waals surface area contributed by atoms with Gasteiger partial charge in [0.25, 0.3) is 15.6 Å². The van der Waals surface area contributed by atoms with E-state index >= 15 is 0 Å².